The van der Waals surface area contributed by atoms with E-state index >= 15 is 0 Å². The third-order valence-corrected chi connectivity index (χ3v) is 3.11. The number of halogens is 2. The van der Waals surface area contributed by atoms with Crippen LogP contribution in [0.2, 0.25) is 0 Å². The largest absolute Gasteiger partial charge is 0.409 e. The van der Waals surface area contributed by atoms with Gasteiger partial charge >= 0.3 is 17.7 Å². The minimum Gasteiger partial charge on any atom is -0.409 e. The summed E-state index contributed by atoms with van der Waals surface area (Å²) in [5.74, 6) is -2.49. The van der Waals surface area contributed by atoms with Crippen molar-refractivity contribution in [2.45, 2.75) is 5.79 Å². The number of carbonyl (C=O) groups excluding carboxylic acids is 2. The Balaban J connectivity index is 2.46. The van der Waals surface area contributed by atoms with E-state index in [1.807, 2.05) is 0 Å². The molecule has 0 saturated carbocycles. The zero-order valence-corrected chi connectivity index (χ0v) is 9.22. The molecule has 6 heteroatoms. The Bertz CT molecular complexity index is 333. The number of esters is 2. The van der Waals surface area contributed by atoms with Crippen LogP contribution in [0.1, 0.15) is 0 Å². The Kier molecular flexibility index (Phi) is 1.85. The molecule has 0 radical (unpaired) electrons. The lowest BCUT2D eigenvalue weighted by molar-refractivity contribution is -0.182. The van der Waals surface area contributed by atoms with E-state index in [-0.39, 0.29) is 0 Å². The maximum Gasteiger partial charge on any atom is 0.335 e. The van der Waals surface area contributed by atoms with Gasteiger partial charge in [0.2, 0.25) is 0 Å². The standard InChI is InChI=1S/C7H2Br2O4/c8-3-1-5(10)12-7(3)4(9)2-6(11)13-7/h1-2H. The van der Waals surface area contributed by atoms with Gasteiger partial charge in [-0.1, -0.05) is 0 Å². The fraction of sp³-hybridized carbons (Fsp3) is 0.143. The Morgan fingerprint density at radius 1 is 1.00 bits per heavy atom. The van der Waals surface area contributed by atoms with E-state index in [1.165, 1.54) is 12.2 Å². The molecule has 0 aromatic rings. The van der Waals surface area contributed by atoms with Gasteiger partial charge in [-0.25, -0.2) is 9.59 Å². The molecule has 2 aliphatic heterocycles. The zero-order chi connectivity index (χ0) is 9.64. The van der Waals surface area contributed by atoms with Gasteiger partial charge in [0.25, 0.3) is 0 Å². The van der Waals surface area contributed by atoms with E-state index in [4.69, 9.17) is 9.47 Å². The first-order valence-electron chi connectivity index (χ1n) is 3.26. The molecule has 0 aliphatic carbocycles. The Morgan fingerprint density at radius 2 is 1.38 bits per heavy atom. The molecule has 13 heavy (non-hydrogen) atoms. The van der Waals surface area contributed by atoms with Gasteiger partial charge in [-0.3, -0.25) is 0 Å². The van der Waals surface area contributed by atoms with E-state index in [0.29, 0.717) is 8.96 Å². The molecule has 0 N–H and O–H groups in total. The second-order valence-corrected chi connectivity index (χ2v) is 4.15. The van der Waals surface area contributed by atoms with Crippen LogP contribution < -0.4 is 0 Å². The second-order valence-electron chi connectivity index (χ2n) is 2.44. The highest BCUT2D eigenvalue weighted by atomic mass is 79.9. The molecule has 0 aromatic heterocycles. The third-order valence-electron chi connectivity index (χ3n) is 1.61. The van der Waals surface area contributed by atoms with Crippen molar-refractivity contribution in [3.05, 3.63) is 21.1 Å². The van der Waals surface area contributed by atoms with E-state index < -0.39 is 17.7 Å². The van der Waals surface area contributed by atoms with Crippen molar-refractivity contribution in [2.75, 3.05) is 0 Å². The molecule has 0 saturated heterocycles. The van der Waals surface area contributed by atoms with E-state index in [9.17, 15) is 9.59 Å². The molecule has 2 rings (SSSR count). The van der Waals surface area contributed by atoms with Crippen molar-refractivity contribution in [1.82, 2.24) is 0 Å². The van der Waals surface area contributed by atoms with Crippen molar-refractivity contribution in [3.63, 3.8) is 0 Å². The van der Waals surface area contributed by atoms with Crippen molar-refractivity contribution >= 4 is 43.8 Å². The fourth-order valence-corrected chi connectivity index (χ4v) is 2.46. The normalized spacial score (nSPS) is 24.2. The smallest absolute Gasteiger partial charge is 0.335 e. The summed E-state index contributed by atoms with van der Waals surface area (Å²) >= 11 is 6.20. The maximum atomic E-state index is 10.9. The summed E-state index contributed by atoms with van der Waals surface area (Å²) in [7, 11) is 0. The number of rotatable bonds is 0. The minimum atomic E-state index is -1.39. The number of ether oxygens (including phenoxy) is 2. The first kappa shape index (κ1) is 8.96. The minimum absolute atomic E-state index is 0.374. The molecular formula is C7H2Br2O4. The van der Waals surface area contributed by atoms with Gasteiger partial charge in [-0.2, -0.15) is 0 Å². The highest BCUT2D eigenvalue weighted by molar-refractivity contribution is 9.12. The molecule has 0 amide bonds. The first-order chi connectivity index (χ1) is 6.04. The summed E-state index contributed by atoms with van der Waals surface area (Å²) < 4.78 is 10.5. The second kappa shape index (κ2) is 2.68. The Labute approximate surface area is 89.8 Å². The summed E-state index contributed by atoms with van der Waals surface area (Å²) in [6.07, 6.45) is 2.43. The van der Waals surface area contributed by atoms with Crippen LogP contribution >= 0.6 is 31.9 Å². The monoisotopic (exact) mass is 308 g/mol. The van der Waals surface area contributed by atoms with Crippen LogP contribution in [0.3, 0.4) is 0 Å². The quantitative estimate of drug-likeness (QED) is 0.634. The van der Waals surface area contributed by atoms with Crippen LogP contribution in [0.4, 0.5) is 0 Å². The summed E-state index contributed by atoms with van der Waals surface area (Å²) in [4.78, 5) is 21.8. The first-order valence-corrected chi connectivity index (χ1v) is 4.84. The average Bonchev–Trinajstić information content (AvgIpc) is 2.40. The lowest BCUT2D eigenvalue weighted by Gasteiger charge is -2.22. The topological polar surface area (TPSA) is 52.6 Å². The lowest BCUT2D eigenvalue weighted by Crippen LogP contribution is -2.31. The maximum absolute atomic E-state index is 10.9. The van der Waals surface area contributed by atoms with Gasteiger partial charge in [-0.05, 0) is 31.9 Å². The van der Waals surface area contributed by atoms with E-state index in [1.54, 1.807) is 0 Å². The van der Waals surface area contributed by atoms with Gasteiger partial charge < -0.3 is 9.47 Å². The van der Waals surface area contributed by atoms with Crippen LogP contribution in [-0.2, 0) is 19.1 Å². The van der Waals surface area contributed by atoms with E-state index in [0.717, 1.165) is 0 Å². The van der Waals surface area contributed by atoms with Crippen LogP contribution in [-0.4, -0.2) is 17.7 Å². The zero-order valence-electron chi connectivity index (χ0n) is 6.04. The molecule has 0 unspecified atom stereocenters. The molecule has 0 atom stereocenters. The molecular weight excluding hydrogens is 308 g/mol. The molecule has 68 valence electrons. The molecule has 4 nitrogen and oxygen atoms in total. The van der Waals surface area contributed by atoms with E-state index in [2.05, 4.69) is 31.9 Å². The molecule has 0 fully saturated rings. The molecule has 2 heterocycles. The third kappa shape index (κ3) is 1.16. The lowest BCUT2D eigenvalue weighted by atomic mass is 10.3. The van der Waals surface area contributed by atoms with Gasteiger partial charge in [-0.15, -0.1) is 0 Å². The SMILES string of the molecule is O=C1C=C(Br)C2(O1)OC(=O)C=C2Br. The summed E-state index contributed by atoms with van der Waals surface area (Å²) in [5, 5.41) is 0. The highest BCUT2D eigenvalue weighted by Gasteiger charge is 2.52. The number of carbonyl (C=O) groups is 2. The molecule has 0 bridgehead atoms. The molecule has 1 spiro atoms. The van der Waals surface area contributed by atoms with Crippen LogP contribution in [0.15, 0.2) is 21.1 Å². The average molecular weight is 310 g/mol. The van der Waals surface area contributed by atoms with Crippen molar-refractivity contribution < 1.29 is 19.1 Å². The predicted octanol–water partition coefficient (Wildman–Crippen LogP) is 1.35. The molecule has 2 aliphatic rings. The highest BCUT2D eigenvalue weighted by Crippen LogP contribution is 2.45. The molecule has 0 aromatic carbocycles. The van der Waals surface area contributed by atoms with Gasteiger partial charge in [0.15, 0.2) is 0 Å². The van der Waals surface area contributed by atoms with Crippen molar-refractivity contribution in [3.8, 4) is 0 Å². The van der Waals surface area contributed by atoms with Crippen LogP contribution in [0.25, 0.3) is 0 Å². The predicted molar refractivity (Wildman–Crippen MR) is 48.9 cm³/mol. The van der Waals surface area contributed by atoms with Crippen LogP contribution in [0, 0.1) is 0 Å². The van der Waals surface area contributed by atoms with Gasteiger partial charge in [0, 0.05) is 12.2 Å². The summed E-state index contributed by atoms with van der Waals surface area (Å²) in [6, 6.07) is 0. The van der Waals surface area contributed by atoms with Gasteiger partial charge in [0.05, 0.1) is 8.96 Å². The Morgan fingerprint density at radius 3 is 1.62 bits per heavy atom. The van der Waals surface area contributed by atoms with Crippen molar-refractivity contribution in [2.24, 2.45) is 0 Å². The van der Waals surface area contributed by atoms with Crippen LogP contribution in [0.5, 0.6) is 0 Å². The number of hydrogen-bond donors (Lipinski definition) is 0. The summed E-state index contributed by atoms with van der Waals surface area (Å²) in [5.41, 5.74) is 0. The fourth-order valence-electron chi connectivity index (χ4n) is 1.07. The Hall–Kier alpha value is -0.620. The van der Waals surface area contributed by atoms with Gasteiger partial charge in [0.1, 0.15) is 0 Å². The number of hydrogen-bond acceptors (Lipinski definition) is 4. The van der Waals surface area contributed by atoms with Crippen molar-refractivity contribution in [1.29, 1.82) is 0 Å². The summed E-state index contributed by atoms with van der Waals surface area (Å²) in [6.45, 7) is 0.